The van der Waals surface area contributed by atoms with Gasteiger partial charge in [0.2, 0.25) is 5.91 Å². The fraction of sp³-hybridized carbons (Fsp3) is 0.429. The van der Waals surface area contributed by atoms with Crippen molar-refractivity contribution in [1.29, 1.82) is 0 Å². The number of carbonyl (C=O) groups excluding carboxylic acids is 1. The number of aromatic nitrogens is 3. The summed E-state index contributed by atoms with van der Waals surface area (Å²) < 4.78 is 0. The van der Waals surface area contributed by atoms with Crippen molar-refractivity contribution in [3.8, 4) is 10.6 Å². The zero-order chi connectivity index (χ0) is 19.7. The number of pyridine rings is 1. The molecule has 3 heterocycles. The van der Waals surface area contributed by atoms with Gasteiger partial charge < -0.3 is 4.90 Å². The minimum Gasteiger partial charge on any atom is -0.340 e. The summed E-state index contributed by atoms with van der Waals surface area (Å²) in [5.74, 6) is 0.158. The summed E-state index contributed by atoms with van der Waals surface area (Å²) >= 11 is 1.58. The molecular weight excluding hydrogens is 370 g/mol. The predicted molar refractivity (Wildman–Crippen MR) is 112 cm³/mol. The fourth-order valence-corrected chi connectivity index (χ4v) is 4.27. The zero-order valence-electron chi connectivity index (χ0n) is 16.6. The standard InChI is InChI=1S/C21H25N5OS/c1-14(2)25-6-8-26(9-7-25)20(27)12-19-11-18-10-16(4-5-17(18)13-22-19)21-24-23-15(3)28-21/h4-5,10-11,13-14H,6-9,12H2,1-3H3. The topological polar surface area (TPSA) is 62.2 Å². The molecule has 6 nitrogen and oxygen atoms in total. The van der Waals surface area contributed by atoms with Crippen LogP contribution in [0.25, 0.3) is 21.3 Å². The van der Waals surface area contributed by atoms with Crippen LogP contribution in [0.4, 0.5) is 0 Å². The van der Waals surface area contributed by atoms with E-state index in [-0.39, 0.29) is 5.91 Å². The molecule has 0 radical (unpaired) electrons. The number of piperazine rings is 1. The first-order valence-corrected chi connectivity index (χ1v) is 10.5. The van der Waals surface area contributed by atoms with Gasteiger partial charge in [0.05, 0.1) is 12.1 Å². The van der Waals surface area contributed by atoms with Gasteiger partial charge in [-0.3, -0.25) is 14.7 Å². The van der Waals surface area contributed by atoms with Gasteiger partial charge in [-0.1, -0.05) is 23.5 Å². The van der Waals surface area contributed by atoms with Gasteiger partial charge in [0.25, 0.3) is 0 Å². The van der Waals surface area contributed by atoms with Gasteiger partial charge in [-0.2, -0.15) is 0 Å². The average molecular weight is 396 g/mol. The molecule has 1 amide bonds. The van der Waals surface area contributed by atoms with E-state index in [1.54, 1.807) is 11.3 Å². The minimum absolute atomic E-state index is 0.158. The molecule has 0 unspecified atom stereocenters. The van der Waals surface area contributed by atoms with Crippen LogP contribution in [-0.2, 0) is 11.2 Å². The van der Waals surface area contributed by atoms with Crippen LogP contribution in [0.1, 0.15) is 24.5 Å². The average Bonchev–Trinajstić information content (AvgIpc) is 3.14. The molecule has 1 aliphatic heterocycles. The Labute approximate surface area is 169 Å². The number of nitrogens with zero attached hydrogens (tertiary/aromatic N) is 5. The molecule has 1 saturated heterocycles. The second kappa shape index (κ2) is 7.93. The second-order valence-corrected chi connectivity index (χ2v) is 8.73. The van der Waals surface area contributed by atoms with Crippen LogP contribution in [0.5, 0.6) is 0 Å². The highest BCUT2D eigenvalue weighted by Gasteiger charge is 2.22. The summed E-state index contributed by atoms with van der Waals surface area (Å²) in [7, 11) is 0. The van der Waals surface area contributed by atoms with E-state index in [1.165, 1.54) is 0 Å². The Morgan fingerprint density at radius 1 is 1.11 bits per heavy atom. The van der Waals surface area contributed by atoms with E-state index >= 15 is 0 Å². The number of fused-ring (bicyclic) bond motifs is 1. The van der Waals surface area contributed by atoms with Crippen molar-refractivity contribution in [3.05, 3.63) is 41.2 Å². The first kappa shape index (κ1) is 19.0. The van der Waals surface area contributed by atoms with Crippen LogP contribution in [0.2, 0.25) is 0 Å². The molecule has 2 aromatic heterocycles. The van der Waals surface area contributed by atoms with Crippen LogP contribution in [0.3, 0.4) is 0 Å². The maximum Gasteiger partial charge on any atom is 0.228 e. The Morgan fingerprint density at radius 3 is 2.57 bits per heavy atom. The van der Waals surface area contributed by atoms with Crippen molar-refractivity contribution in [1.82, 2.24) is 25.0 Å². The maximum atomic E-state index is 12.7. The monoisotopic (exact) mass is 395 g/mol. The zero-order valence-corrected chi connectivity index (χ0v) is 17.4. The van der Waals surface area contributed by atoms with Gasteiger partial charge in [0.15, 0.2) is 0 Å². The predicted octanol–water partition coefficient (Wildman–Crippen LogP) is 3.16. The van der Waals surface area contributed by atoms with Crippen LogP contribution in [0, 0.1) is 6.92 Å². The molecule has 7 heteroatoms. The molecule has 28 heavy (non-hydrogen) atoms. The second-order valence-electron chi connectivity index (χ2n) is 7.55. The van der Waals surface area contributed by atoms with Gasteiger partial charge >= 0.3 is 0 Å². The van der Waals surface area contributed by atoms with Gasteiger partial charge in [-0.15, -0.1) is 10.2 Å². The molecule has 1 aliphatic rings. The molecule has 1 aromatic carbocycles. The summed E-state index contributed by atoms with van der Waals surface area (Å²) in [6.07, 6.45) is 2.20. The number of carbonyl (C=O) groups is 1. The molecule has 0 spiro atoms. The van der Waals surface area contributed by atoms with Crippen molar-refractivity contribution < 1.29 is 4.79 Å². The van der Waals surface area contributed by atoms with E-state index in [2.05, 4.69) is 40.0 Å². The van der Waals surface area contributed by atoms with Gasteiger partial charge in [-0.05, 0) is 38.3 Å². The number of amides is 1. The molecule has 0 aliphatic carbocycles. The lowest BCUT2D eigenvalue weighted by Crippen LogP contribution is -2.51. The number of aryl methyl sites for hydroxylation is 1. The Balaban J connectivity index is 1.49. The number of benzene rings is 1. The first-order chi connectivity index (χ1) is 13.5. The lowest BCUT2D eigenvalue weighted by molar-refractivity contribution is -0.132. The lowest BCUT2D eigenvalue weighted by atomic mass is 10.1. The highest BCUT2D eigenvalue weighted by atomic mass is 32.1. The molecular formula is C21H25N5OS. The SMILES string of the molecule is Cc1nnc(-c2ccc3cnc(CC(=O)N4CCN(C(C)C)CC4)cc3c2)s1. The molecule has 3 aromatic rings. The van der Waals surface area contributed by atoms with Crippen LogP contribution < -0.4 is 0 Å². The van der Waals surface area contributed by atoms with E-state index in [0.29, 0.717) is 12.5 Å². The third kappa shape index (κ3) is 4.05. The van der Waals surface area contributed by atoms with E-state index in [1.807, 2.05) is 36.2 Å². The van der Waals surface area contributed by atoms with Gasteiger partial charge in [0.1, 0.15) is 10.0 Å². The molecule has 0 saturated carbocycles. The summed E-state index contributed by atoms with van der Waals surface area (Å²) in [6, 6.07) is 8.75. The first-order valence-electron chi connectivity index (χ1n) is 9.70. The smallest absolute Gasteiger partial charge is 0.228 e. The highest BCUT2D eigenvalue weighted by molar-refractivity contribution is 7.14. The largest absolute Gasteiger partial charge is 0.340 e. The quantitative estimate of drug-likeness (QED) is 0.679. The summed E-state index contributed by atoms with van der Waals surface area (Å²) in [5, 5.41) is 12.3. The highest BCUT2D eigenvalue weighted by Crippen LogP contribution is 2.27. The molecule has 4 rings (SSSR count). The Bertz CT molecular complexity index is 991. The van der Waals surface area contributed by atoms with Crippen LogP contribution in [-0.4, -0.2) is 63.1 Å². The third-order valence-electron chi connectivity index (χ3n) is 5.28. The maximum absolute atomic E-state index is 12.7. The lowest BCUT2D eigenvalue weighted by Gasteiger charge is -2.36. The summed E-state index contributed by atoms with van der Waals surface area (Å²) in [6.45, 7) is 9.84. The Hall–Kier alpha value is -2.38. The molecule has 0 bridgehead atoms. The number of hydrogen-bond acceptors (Lipinski definition) is 6. The van der Waals surface area contributed by atoms with Crippen LogP contribution >= 0.6 is 11.3 Å². The Kier molecular flexibility index (Phi) is 5.37. The fourth-order valence-electron chi connectivity index (χ4n) is 3.58. The molecule has 1 fully saturated rings. The molecule has 0 atom stereocenters. The van der Waals surface area contributed by atoms with Crippen molar-refractivity contribution >= 4 is 28.0 Å². The summed E-state index contributed by atoms with van der Waals surface area (Å²) in [5.41, 5.74) is 1.86. The van der Waals surface area contributed by atoms with Crippen LogP contribution in [0.15, 0.2) is 30.5 Å². The molecule has 146 valence electrons. The van der Waals surface area contributed by atoms with E-state index in [0.717, 1.165) is 58.2 Å². The van der Waals surface area contributed by atoms with Gasteiger partial charge in [0, 0.05) is 49.4 Å². The van der Waals surface area contributed by atoms with Crippen molar-refractivity contribution in [2.45, 2.75) is 33.2 Å². The van der Waals surface area contributed by atoms with E-state index < -0.39 is 0 Å². The Morgan fingerprint density at radius 2 is 1.89 bits per heavy atom. The third-order valence-corrected chi connectivity index (χ3v) is 6.17. The van der Waals surface area contributed by atoms with E-state index in [9.17, 15) is 4.79 Å². The normalized spacial score (nSPS) is 15.5. The van der Waals surface area contributed by atoms with Crippen molar-refractivity contribution in [2.75, 3.05) is 26.2 Å². The number of hydrogen-bond donors (Lipinski definition) is 0. The minimum atomic E-state index is 0.158. The van der Waals surface area contributed by atoms with E-state index in [4.69, 9.17) is 0 Å². The molecule has 0 N–H and O–H groups in total. The van der Waals surface area contributed by atoms with Crippen molar-refractivity contribution in [3.63, 3.8) is 0 Å². The van der Waals surface area contributed by atoms with Crippen molar-refractivity contribution in [2.24, 2.45) is 0 Å². The van der Waals surface area contributed by atoms with Gasteiger partial charge in [-0.25, -0.2) is 0 Å². The number of rotatable bonds is 4. The summed E-state index contributed by atoms with van der Waals surface area (Å²) in [4.78, 5) is 21.6.